The fourth-order valence-corrected chi connectivity index (χ4v) is 3.22. The minimum Gasteiger partial charge on any atom is -0.466 e. The van der Waals surface area contributed by atoms with E-state index in [0.29, 0.717) is 18.9 Å². The van der Waals surface area contributed by atoms with E-state index in [-0.39, 0.29) is 5.97 Å². The van der Waals surface area contributed by atoms with E-state index in [1.165, 1.54) is 83.5 Å². The zero-order valence-corrected chi connectivity index (χ0v) is 16.9. The number of rotatable bonds is 18. The van der Waals surface area contributed by atoms with Crippen molar-refractivity contribution in [1.29, 1.82) is 0 Å². The van der Waals surface area contributed by atoms with Crippen LogP contribution < -0.4 is 0 Å². The van der Waals surface area contributed by atoms with Crippen molar-refractivity contribution in [2.75, 3.05) is 6.61 Å². The highest BCUT2D eigenvalue weighted by Gasteiger charge is 2.08. The maximum Gasteiger partial charge on any atom is 0.305 e. The Labute approximate surface area is 152 Å². The lowest BCUT2D eigenvalue weighted by molar-refractivity contribution is -0.144. The van der Waals surface area contributed by atoms with E-state index < -0.39 is 0 Å². The highest BCUT2D eigenvalue weighted by molar-refractivity contribution is 5.69. The van der Waals surface area contributed by atoms with Gasteiger partial charge in [-0.3, -0.25) is 4.79 Å². The molecule has 0 rings (SSSR count). The third-order valence-corrected chi connectivity index (χ3v) is 5.17. The van der Waals surface area contributed by atoms with Crippen molar-refractivity contribution in [2.24, 2.45) is 5.92 Å². The maximum absolute atomic E-state index is 11.7. The molecule has 0 amide bonds. The molecule has 0 atom stereocenters. The third kappa shape index (κ3) is 16.3. The van der Waals surface area contributed by atoms with Gasteiger partial charge in [0.15, 0.2) is 0 Å². The van der Waals surface area contributed by atoms with Crippen molar-refractivity contribution < 1.29 is 9.53 Å². The molecule has 0 bridgehead atoms. The predicted octanol–water partition coefficient (Wildman–Crippen LogP) is 7.45. The number of ether oxygens (including phenoxy) is 1. The monoisotopic (exact) mass is 340 g/mol. The molecule has 0 aliphatic carbocycles. The Morgan fingerprint density at radius 3 is 1.62 bits per heavy atom. The standard InChI is InChI=1S/C22H44O2/c1-4-7-8-9-10-11-12-13-14-15-16-17-20-24-22(23)19-18-21(5-2)6-3/h21H,4-20H2,1-3H3. The van der Waals surface area contributed by atoms with E-state index in [9.17, 15) is 4.79 Å². The van der Waals surface area contributed by atoms with E-state index >= 15 is 0 Å². The third-order valence-electron chi connectivity index (χ3n) is 5.17. The minimum atomic E-state index is 0.00460. The fourth-order valence-electron chi connectivity index (χ4n) is 3.22. The Hall–Kier alpha value is -0.530. The lowest BCUT2D eigenvalue weighted by Crippen LogP contribution is -2.08. The number of hydrogen-bond donors (Lipinski definition) is 0. The largest absolute Gasteiger partial charge is 0.466 e. The second-order valence-electron chi connectivity index (χ2n) is 7.33. The fraction of sp³-hybridized carbons (Fsp3) is 0.955. The molecule has 0 saturated heterocycles. The van der Waals surface area contributed by atoms with E-state index in [1.807, 2.05) is 0 Å². The van der Waals surface area contributed by atoms with Crippen molar-refractivity contribution in [3.05, 3.63) is 0 Å². The van der Waals surface area contributed by atoms with Crippen LogP contribution in [-0.4, -0.2) is 12.6 Å². The molecule has 0 heterocycles. The Morgan fingerprint density at radius 2 is 1.17 bits per heavy atom. The van der Waals surface area contributed by atoms with Gasteiger partial charge in [-0.25, -0.2) is 0 Å². The normalized spacial score (nSPS) is 11.2. The first-order chi connectivity index (χ1) is 11.7. The van der Waals surface area contributed by atoms with Crippen LogP contribution in [0.25, 0.3) is 0 Å². The molecule has 2 nitrogen and oxygen atoms in total. The van der Waals surface area contributed by atoms with Crippen LogP contribution in [-0.2, 0) is 9.53 Å². The summed E-state index contributed by atoms with van der Waals surface area (Å²) >= 11 is 0. The Balaban J connectivity index is 3.20. The Bertz CT molecular complexity index is 259. The summed E-state index contributed by atoms with van der Waals surface area (Å²) in [5, 5.41) is 0. The number of hydrogen-bond acceptors (Lipinski definition) is 2. The number of unbranched alkanes of at least 4 members (excludes halogenated alkanes) is 11. The van der Waals surface area contributed by atoms with Gasteiger partial charge >= 0.3 is 5.97 Å². The molecule has 0 aliphatic heterocycles. The van der Waals surface area contributed by atoms with Crippen LogP contribution in [0.15, 0.2) is 0 Å². The van der Waals surface area contributed by atoms with E-state index in [0.717, 1.165) is 12.8 Å². The Morgan fingerprint density at radius 1 is 0.708 bits per heavy atom. The summed E-state index contributed by atoms with van der Waals surface area (Å²) in [6.45, 7) is 7.30. The van der Waals surface area contributed by atoms with Crippen molar-refractivity contribution in [3.63, 3.8) is 0 Å². The van der Waals surface area contributed by atoms with Gasteiger partial charge in [0.2, 0.25) is 0 Å². The van der Waals surface area contributed by atoms with Crippen LogP contribution in [0.5, 0.6) is 0 Å². The summed E-state index contributed by atoms with van der Waals surface area (Å²) in [5.74, 6) is 0.689. The molecule has 0 aliphatic rings. The SMILES string of the molecule is CCCCCCCCCCCCCCOC(=O)CCC(CC)CC. The van der Waals surface area contributed by atoms with Gasteiger partial charge in [-0.2, -0.15) is 0 Å². The van der Waals surface area contributed by atoms with Gasteiger partial charge < -0.3 is 4.74 Å². The van der Waals surface area contributed by atoms with Gasteiger partial charge in [0.1, 0.15) is 0 Å². The summed E-state index contributed by atoms with van der Waals surface area (Å²) in [7, 11) is 0. The van der Waals surface area contributed by atoms with E-state index in [2.05, 4.69) is 20.8 Å². The highest BCUT2D eigenvalue weighted by Crippen LogP contribution is 2.15. The van der Waals surface area contributed by atoms with Crippen LogP contribution >= 0.6 is 0 Å². The highest BCUT2D eigenvalue weighted by atomic mass is 16.5. The first-order valence-corrected chi connectivity index (χ1v) is 10.9. The van der Waals surface area contributed by atoms with Crippen molar-refractivity contribution in [1.82, 2.24) is 0 Å². The van der Waals surface area contributed by atoms with Crippen LogP contribution in [0.1, 0.15) is 124 Å². The zero-order valence-electron chi connectivity index (χ0n) is 16.9. The number of carbonyl (C=O) groups is 1. The van der Waals surface area contributed by atoms with Crippen molar-refractivity contribution >= 4 is 5.97 Å². The van der Waals surface area contributed by atoms with Crippen molar-refractivity contribution in [3.8, 4) is 0 Å². The van der Waals surface area contributed by atoms with E-state index in [1.54, 1.807) is 0 Å². The molecule has 0 aromatic carbocycles. The van der Waals surface area contributed by atoms with Crippen LogP contribution in [0.4, 0.5) is 0 Å². The molecule has 2 heteroatoms. The smallest absolute Gasteiger partial charge is 0.305 e. The quantitative estimate of drug-likeness (QED) is 0.191. The zero-order chi connectivity index (χ0) is 17.9. The molecule has 0 spiro atoms. The first-order valence-electron chi connectivity index (χ1n) is 10.9. The lowest BCUT2D eigenvalue weighted by Gasteiger charge is -2.11. The predicted molar refractivity (Wildman–Crippen MR) is 105 cm³/mol. The molecular formula is C22H44O2. The van der Waals surface area contributed by atoms with Gasteiger partial charge in [-0.05, 0) is 18.8 Å². The number of esters is 1. The van der Waals surface area contributed by atoms with Gasteiger partial charge in [-0.15, -0.1) is 0 Å². The summed E-state index contributed by atoms with van der Waals surface area (Å²) in [5.41, 5.74) is 0. The molecular weight excluding hydrogens is 296 g/mol. The summed E-state index contributed by atoms with van der Waals surface area (Å²) in [6, 6.07) is 0. The summed E-state index contributed by atoms with van der Waals surface area (Å²) < 4.78 is 5.33. The molecule has 144 valence electrons. The molecule has 0 unspecified atom stereocenters. The average molecular weight is 341 g/mol. The summed E-state index contributed by atoms with van der Waals surface area (Å²) in [4.78, 5) is 11.7. The molecule has 24 heavy (non-hydrogen) atoms. The number of carbonyl (C=O) groups excluding carboxylic acids is 1. The van der Waals surface area contributed by atoms with Crippen molar-refractivity contribution in [2.45, 2.75) is 124 Å². The summed E-state index contributed by atoms with van der Waals surface area (Å²) in [6.07, 6.45) is 20.0. The molecule has 0 radical (unpaired) electrons. The second kappa shape index (κ2) is 18.8. The van der Waals surface area contributed by atoms with Gasteiger partial charge in [-0.1, -0.05) is 104 Å². The average Bonchev–Trinajstić information content (AvgIpc) is 2.60. The topological polar surface area (TPSA) is 26.3 Å². The molecule has 0 fully saturated rings. The minimum absolute atomic E-state index is 0.00460. The van der Waals surface area contributed by atoms with Gasteiger partial charge in [0.05, 0.1) is 6.61 Å². The lowest BCUT2D eigenvalue weighted by atomic mass is 9.98. The van der Waals surface area contributed by atoms with Crippen LogP contribution in [0.3, 0.4) is 0 Å². The second-order valence-corrected chi connectivity index (χ2v) is 7.33. The first kappa shape index (κ1) is 23.5. The molecule has 0 aromatic heterocycles. The Kier molecular flexibility index (Phi) is 18.4. The van der Waals surface area contributed by atoms with Crippen LogP contribution in [0, 0.1) is 5.92 Å². The van der Waals surface area contributed by atoms with Crippen LogP contribution in [0.2, 0.25) is 0 Å². The molecule has 0 aromatic rings. The maximum atomic E-state index is 11.7. The van der Waals surface area contributed by atoms with E-state index in [4.69, 9.17) is 4.74 Å². The van der Waals surface area contributed by atoms with Gasteiger partial charge in [0.25, 0.3) is 0 Å². The molecule has 0 N–H and O–H groups in total. The van der Waals surface area contributed by atoms with Gasteiger partial charge in [0, 0.05) is 6.42 Å². The molecule has 0 saturated carbocycles.